The van der Waals surface area contributed by atoms with Gasteiger partial charge in [-0.2, -0.15) is 0 Å². The Hall–Kier alpha value is -0.480. The summed E-state index contributed by atoms with van der Waals surface area (Å²) >= 11 is 12.2. The van der Waals surface area contributed by atoms with Crippen molar-refractivity contribution in [1.82, 2.24) is 10.2 Å². The van der Waals surface area contributed by atoms with E-state index in [1.165, 1.54) is 0 Å². The van der Waals surface area contributed by atoms with Gasteiger partial charge in [0.25, 0.3) is 5.91 Å². The van der Waals surface area contributed by atoms with Gasteiger partial charge in [-0.05, 0) is 44.5 Å². The number of carbonyl (C=O) groups is 1. The number of hydrogen-bond donors (Lipinski definition) is 1. The molecule has 1 fully saturated rings. The minimum absolute atomic E-state index is 0. The molecule has 0 aromatic heterocycles. The average Bonchev–Trinajstić information content (AvgIpc) is 2.39. The molecule has 6 heteroatoms. The highest BCUT2D eigenvalue weighted by Crippen LogP contribution is 2.27. The molecule has 0 aliphatic carbocycles. The van der Waals surface area contributed by atoms with Gasteiger partial charge in [0.05, 0.1) is 15.6 Å². The molecule has 1 heterocycles. The molecule has 1 aromatic carbocycles. The Bertz CT molecular complexity index is 439. The number of rotatable bonds is 3. The molecule has 0 unspecified atom stereocenters. The van der Waals surface area contributed by atoms with Gasteiger partial charge < -0.3 is 10.2 Å². The first kappa shape index (κ1) is 17.6. The first-order valence-electron chi connectivity index (χ1n) is 6.51. The van der Waals surface area contributed by atoms with Gasteiger partial charge in [-0.25, -0.2) is 0 Å². The Labute approximate surface area is 136 Å². The van der Waals surface area contributed by atoms with Crippen molar-refractivity contribution >= 4 is 41.5 Å². The summed E-state index contributed by atoms with van der Waals surface area (Å²) in [6.45, 7) is 2.55. The second-order valence-corrected chi connectivity index (χ2v) is 5.70. The number of carbonyl (C=O) groups excluding carboxylic acids is 1. The predicted octanol–water partition coefficient (Wildman–Crippen LogP) is 3.49. The van der Waals surface area contributed by atoms with E-state index in [4.69, 9.17) is 23.2 Å². The topological polar surface area (TPSA) is 32.3 Å². The zero-order valence-corrected chi connectivity index (χ0v) is 13.7. The van der Waals surface area contributed by atoms with Crippen molar-refractivity contribution in [3.05, 3.63) is 33.8 Å². The van der Waals surface area contributed by atoms with Gasteiger partial charge in [-0.3, -0.25) is 4.79 Å². The molecule has 1 N–H and O–H groups in total. The molecular formula is C14H19Cl3N2O. The fourth-order valence-electron chi connectivity index (χ4n) is 2.49. The summed E-state index contributed by atoms with van der Waals surface area (Å²) in [5, 5.41) is 4.04. The summed E-state index contributed by atoms with van der Waals surface area (Å²) in [7, 11) is 1.96. The van der Waals surface area contributed by atoms with Crippen LogP contribution in [0.4, 0.5) is 0 Å². The third-order valence-corrected chi connectivity index (χ3v) is 4.20. The number of amides is 1. The number of likely N-dealkylation sites (tertiary alicyclic amines) is 1. The van der Waals surface area contributed by atoms with Gasteiger partial charge in [0.2, 0.25) is 0 Å². The largest absolute Gasteiger partial charge is 0.339 e. The maximum atomic E-state index is 12.4. The smallest absolute Gasteiger partial charge is 0.256 e. The van der Waals surface area contributed by atoms with Crippen LogP contribution < -0.4 is 5.32 Å². The van der Waals surface area contributed by atoms with Gasteiger partial charge in [0.1, 0.15) is 0 Å². The van der Waals surface area contributed by atoms with Crippen molar-refractivity contribution < 1.29 is 4.79 Å². The normalized spacial score (nSPS) is 15.8. The lowest BCUT2D eigenvalue weighted by Crippen LogP contribution is -2.40. The molecule has 3 nitrogen and oxygen atoms in total. The Morgan fingerprint density at radius 2 is 1.85 bits per heavy atom. The first-order valence-corrected chi connectivity index (χ1v) is 7.27. The monoisotopic (exact) mass is 336 g/mol. The quantitative estimate of drug-likeness (QED) is 0.915. The SMILES string of the molecule is CNCC1CCN(C(=O)c2c(Cl)cccc2Cl)CC1.Cl. The van der Waals surface area contributed by atoms with Gasteiger partial charge in [0, 0.05) is 13.1 Å². The molecule has 0 bridgehead atoms. The van der Waals surface area contributed by atoms with Crippen LogP contribution in [-0.2, 0) is 0 Å². The highest BCUT2D eigenvalue weighted by atomic mass is 35.5. The lowest BCUT2D eigenvalue weighted by atomic mass is 9.96. The summed E-state index contributed by atoms with van der Waals surface area (Å²) in [6.07, 6.45) is 2.04. The van der Waals surface area contributed by atoms with Crippen LogP contribution in [0.15, 0.2) is 18.2 Å². The van der Waals surface area contributed by atoms with E-state index in [-0.39, 0.29) is 18.3 Å². The van der Waals surface area contributed by atoms with Crippen LogP contribution in [-0.4, -0.2) is 37.5 Å². The summed E-state index contributed by atoms with van der Waals surface area (Å²) in [5.41, 5.74) is 0.429. The van der Waals surface area contributed by atoms with E-state index in [0.29, 0.717) is 21.5 Å². The van der Waals surface area contributed by atoms with Crippen LogP contribution in [0.5, 0.6) is 0 Å². The number of piperidine rings is 1. The third-order valence-electron chi connectivity index (χ3n) is 3.57. The second-order valence-electron chi connectivity index (χ2n) is 4.89. The van der Waals surface area contributed by atoms with Crippen LogP contribution in [0.2, 0.25) is 10.0 Å². The third kappa shape index (κ3) is 4.01. The number of nitrogens with zero attached hydrogens (tertiary/aromatic N) is 1. The summed E-state index contributed by atoms with van der Waals surface area (Å²) < 4.78 is 0. The molecule has 0 spiro atoms. The van der Waals surface area contributed by atoms with E-state index in [1.807, 2.05) is 11.9 Å². The van der Waals surface area contributed by atoms with E-state index in [1.54, 1.807) is 18.2 Å². The van der Waals surface area contributed by atoms with E-state index in [2.05, 4.69) is 5.32 Å². The highest BCUT2D eigenvalue weighted by molar-refractivity contribution is 6.39. The van der Waals surface area contributed by atoms with Crippen molar-refractivity contribution in [1.29, 1.82) is 0 Å². The fourth-order valence-corrected chi connectivity index (χ4v) is 3.05. The van der Waals surface area contributed by atoms with Crippen LogP contribution >= 0.6 is 35.6 Å². The van der Waals surface area contributed by atoms with Crippen LogP contribution in [0.25, 0.3) is 0 Å². The summed E-state index contributed by atoms with van der Waals surface area (Å²) in [4.78, 5) is 14.3. The van der Waals surface area contributed by atoms with Gasteiger partial charge >= 0.3 is 0 Å². The number of nitrogens with one attached hydrogen (secondary N) is 1. The molecule has 112 valence electrons. The molecule has 2 rings (SSSR count). The van der Waals surface area contributed by atoms with Crippen molar-refractivity contribution in [2.75, 3.05) is 26.7 Å². The Kier molecular flexibility index (Phi) is 7.10. The standard InChI is InChI=1S/C14H18Cl2N2O.ClH/c1-17-9-10-5-7-18(8-6-10)14(19)13-11(15)3-2-4-12(13)16;/h2-4,10,17H,5-9H2,1H3;1H. The number of benzene rings is 1. The van der Waals surface area contributed by atoms with Crippen molar-refractivity contribution in [3.63, 3.8) is 0 Å². The second kappa shape index (κ2) is 8.08. The van der Waals surface area contributed by atoms with E-state index in [9.17, 15) is 4.79 Å². The molecule has 1 saturated heterocycles. The maximum Gasteiger partial charge on any atom is 0.256 e. The van der Waals surface area contributed by atoms with Crippen molar-refractivity contribution in [3.8, 4) is 0 Å². The first-order chi connectivity index (χ1) is 9.13. The van der Waals surface area contributed by atoms with Gasteiger partial charge in [-0.15, -0.1) is 12.4 Å². The molecular weight excluding hydrogens is 319 g/mol. The summed E-state index contributed by atoms with van der Waals surface area (Å²) in [6, 6.07) is 5.16. The van der Waals surface area contributed by atoms with Crippen LogP contribution in [0.1, 0.15) is 23.2 Å². The van der Waals surface area contributed by atoms with E-state index in [0.717, 1.165) is 32.5 Å². The fraction of sp³-hybridized carbons (Fsp3) is 0.500. The molecule has 0 radical (unpaired) electrons. The molecule has 1 aromatic rings. The van der Waals surface area contributed by atoms with Crippen LogP contribution in [0.3, 0.4) is 0 Å². The maximum absolute atomic E-state index is 12.4. The zero-order chi connectivity index (χ0) is 13.8. The highest BCUT2D eigenvalue weighted by Gasteiger charge is 2.25. The Balaban J connectivity index is 0.00000200. The molecule has 1 aliphatic heterocycles. The Morgan fingerprint density at radius 1 is 1.30 bits per heavy atom. The number of halogens is 3. The lowest BCUT2D eigenvalue weighted by Gasteiger charge is -2.32. The molecule has 1 amide bonds. The minimum atomic E-state index is -0.0569. The Morgan fingerprint density at radius 3 is 2.35 bits per heavy atom. The van der Waals surface area contributed by atoms with Gasteiger partial charge in [0.15, 0.2) is 0 Å². The molecule has 0 atom stereocenters. The zero-order valence-electron chi connectivity index (χ0n) is 11.4. The van der Waals surface area contributed by atoms with E-state index >= 15 is 0 Å². The van der Waals surface area contributed by atoms with Crippen LogP contribution in [0, 0.1) is 5.92 Å². The molecule has 1 aliphatic rings. The van der Waals surface area contributed by atoms with E-state index < -0.39 is 0 Å². The molecule has 20 heavy (non-hydrogen) atoms. The number of hydrogen-bond acceptors (Lipinski definition) is 2. The molecule has 0 saturated carbocycles. The van der Waals surface area contributed by atoms with Crippen molar-refractivity contribution in [2.45, 2.75) is 12.8 Å². The summed E-state index contributed by atoms with van der Waals surface area (Å²) in [5.74, 6) is 0.592. The lowest BCUT2D eigenvalue weighted by molar-refractivity contribution is 0.0691. The minimum Gasteiger partial charge on any atom is -0.339 e. The average molecular weight is 338 g/mol. The predicted molar refractivity (Wildman–Crippen MR) is 86.3 cm³/mol. The van der Waals surface area contributed by atoms with Gasteiger partial charge in [-0.1, -0.05) is 29.3 Å². The van der Waals surface area contributed by atoms with Crippen molar-refractivity contribution in [2.24, 2.45) is 5.92 Å².